The van der Waals surface area contributed by atoms with Crippen LogP contribution in [0.5, 0.6) is 0 Å². The van der Waals surface area contributed by atoms with Crippen molar-refractivity contribution in [1.82, 2.24) is 0 Å². The standard InChI is InChI=1S/C7H6O4S/c1-11-7(10)4-2-3-12-5(4)6(8)9/h2-3H,1H3,(H,8,9). The molecule has 0 spiro atoms. The molecule has 0 unspecified atom stereocenters. The second-order valence-electron chi connectivity index (χ2n) is 1.96. The molecule has 0 aliphatic heterocycles. The zero-order valence-electron chi connectivity index (χ0n) is 6.23. The van der Waals surface area contributed by atoms with E-state index in [1.54, 1.807) is 0 Å². The number of thiophene rings is 1. The predicted octanol–water partition coefficient (Wildman–Crippen LogP) is 1.23. The van der Waals surface area contributed by atoms with E-state index >= 15 is 0 Å². The first-order chi connectivity index (χ1) is 5.66. The monoisotopic (exact) mass is 186 g/mol. The minimum atomic E-state index is -1.11. The number of carbonyl (C=O) groups is 2. The van der Waals surface area contributed by atoms with Gasteiger partial charge in [0, 0.05) is 0 Å². The molecule has 0 fully saturated rings. The molecule has 0 saturated carbocycles. The summed E-state index contributed by atoms with van der Waals surface area (Å²) in [5.41, 5.74) is 0.106. The van der Waals surface area contributed by atoms with Gasteiger partial charge in [0.05, 0.1) is 12.7 Å². The summed E-state index contributed by atoms with van der Waals surface area (Å²) in [5, 5.41) is 10.1. The molecule has 4 nitrogen and oxygen atoms in total. The summed E-state index contributed by atoms with van der Waals surface area (Å²) in [4.78, 5) is 21.4. The van der Waals surface area contributed by atoms with Gasteiger partial charge in [-0.05, 0) is 11.4 Å². The summed E-state index contributed by atoms with van der Waals surface area (Å²) in [7, 11) is 1.21. The molecule has 5 heteroatoms. The van der Waals surface area contributed by atoms with E-state index in [-0.39, 0.29) is 10.4 Å². The summed E-state index contributed by atoms with van der Waals surface area (Å²) >= 11 is 1.00. The maximum absolute atomic E-state index is 10.9. The topological polar surface area (TPSA) is 63.6 Å². The Morgan fingerprint density at radius 1 is 1.58 bits per heavy atom. The first kappa shape index (κ1) is 8.73. The van der Waals surface area contributed by atoms with Gasteiger partial charge in [0.25, 0.3) is 0 Å². The molecular formula is C7H6O4S. The molecule has 0 saturated heterocycles. The van der Waals surface area contributed by atoms with Crippen molar-refractivity contribution in [2.45, 2.75) is 0 Å². The van der Waals surface area contributed by atoms with Crippen molar-refractivity contribution in [2.24, 2.45) is 0 Å². The Kier molecular flexibility index (Phi) is 2.44. The number of hydrogen-bond donors (Lipinski definition) is 1. The van der Waals surface area contributed by atoms with Gasteiger partial charge < -0.3 is 9.84 Å². The predicted molar refractivity (Wildman–Crippen MR) is 42.6 cm³/mol. The average molecular weight is 186 g/mol. The molecular weight excluding hydrogens is 180 g/mol. The van der Waals surface area contributed by atoms with Crippen molar-refractivity contribution in [3.63, 3.8) is 0 Å². The van der Waals surface area contributed by atoms with Crippen LogP contribution in [0.25, 0.3) is 0 Å². The Balaban J connectivity index is 3.07. The second kappa shape index (κ2) is 3.36. The third-order valence-electron chi connectivity index (χ3n) is 1.26. The maximum atomic E-state index is 10.9. The largest absolute Gasteiger partial charge is 0.477 e. The van der Waals surface area contributed by atoms with Gasteiger partial charge in [-0.25, -0.2) is 9.59 Å². The molecule has 1 rings (SSSR count). The molecule has 0 aliphatic rings. The fraction of sp³-hybridized carbons (Fsp3) is 0.143. The van der Waals surface area contributed by atoms with Gasteiger partial charge in [-0.1, -0.05) is 0 Å². The molecule has 1 N–H and O–H groups in total. The Labute approximate surface area is 72.4 Å². The lowest BCUT2D eigenvalue weighted by molar-refractivity contribution is 0.0585. The van der Waals surface area contributed by atoms with Crippen molar-refractivity contribution >= 4 is 23.3 Å². The summed E-state index contributed by atoms with van der Waals surface area (Å²) in [5.74, 6) is -1.72. The van der Waals surface area contributed by atoms with Gasteiger partial charge in [-0.3, -0.25) is 0 Å². The van der Waals surface area contributed by atoms with Crippen molar-refractivity contribution in [3.05, 3.63) is 21.9 Å². The third kappa shape index (κ3) is 1.45. The van der Waals surface area contributed by atoms with Crippen LogP contribution in [0.15, 0.2) is 11.4 Å². The summed E-state index contributed by atoms with van der Waals surface area (Å²) < 4.78 is 4.39. The highest BCUT2D eigenvalue weighted by molar-refractivity contribution is 7.12. The molecule has 0 amide bonds. The van der Waals surface area contributed by atoms with Crippen LogP contribution in [0, 0.1) is 0 Å². The van der Waals surface area contributed by atoms with E-state index < -0.39 is 11.9 Å². The van der Waals surface area contributed by atoms with E-state index in [4.69, 9.17) is 5.11 Å². The molecule has 0 bridgehead atoms. The first-order valence-electron chi connectivity index (χ1n) is 3.06. The van der Waals surface area contributed by atoms with Crippen LogP contribution < -0.4 is 0 Å². The molecule has 0 aromatic carbocycles. The molecule has 64 valence electrons. The smallest absolute Gasteiger partial charge is 0.346 e. The van der Waals surface area contributed by atoms with E-state index in [2.05, 4.69) is 4.74 Å². The van der Waals surface area contributed by atoms with Crippen LogP contribution in [0.3, 0.4) is 0 Å². The number of rotatable bonds is 2. The third-order valence-corrected chi connectivity index (χ3v) is 2.17. The van der Waals surface area contributed by atoms with Crippen LogP contribution in [0.4, 0.5) is 0 Å². The van der Waals surface area contributed by atoms with Crippen molar-refractivity contribution in [2.75, 3.05) is 7.11 Å². The van der Waals surface area contributed by atoms with Crippen molar-refractivity contribution < 1.29 is 19.4 Å². The van der Waals surface area contributed by atoms with E-state index in [0.717, 1.165) is 11.3 Å². The lowest BCUT2D eigenvalue weighted by Crippen LogP contribution is -2.06. The number of methoxy groups -OCH3 is 1. The van der Waals surface area contributed by atoms with Gasteiger partial charge in [-0.15, -0.1) is 11.3 Å². The Hall–Kier alpha value is -1.36. The molecule has 0 aliphatic carbocycles. The van der Waals surface area contributed by atoms with Crippen LogP contribution in [0.1, 0.15) is 20.0 Å². The SMILES string of the molecule is COC(=O)c1ccsc1C(=O)O. The van der Waals surface area contributed by atoms with Crippen molar-refractivity contribution in [3.8, 4) is 0 Å². The van der Waals surface area contributed by atoms with E-state index in [1.807, 2.05) is 0 Å². The number of esters is 1. The number of aromatic carboxylic acids is 1. The lowest BCUT2D eigenvalue weighted by Gasteiger charge is -1.95. The number of hydrogen-bond acceptors (Lipinski definition) is 4. The minimum absolute atomic E-state index is 0.0156. The fourth-order valence-corrected chi connectivity index (χ4v) is 1.46. The average Bonchev–Trinajstić information content (AvgIpc) is 2.50. The quantitative estimate of drug-likeness (QED) is 0.705. The van der Waals surface area contributed by atoms with E-state index in [9.17, 15) is 9.59 Å². The van der Waals surface area contributed by atoms with Gasteiger partial charge in [0.1, 0.15) is 4.88 Å². The molecule has 0 radical (unpaired) electrons. The highest BCUT2D eigenvalue weighted by atomic mass is 32.1. The maximum Gasteiger partial charge on any atom is 0.346 e. The first-order valence-corrected chi connectivity index (χ1v) is 3.94. The lowest BCUT2D eigenvalue weighted by atomic mass is 10.2. The molecule has 12 heavy (non-hydrogen) atoms. The Morgan fingerprint density at radius 2 is 2.25 bits per heavy atom. The highest BCUT2D eigenvalue weighted by Crippen LogP contribution is 2.17. The van der Waals surface area contributed by atoms with Crippen LogP contribution in [-0.4, -0.2) is 24.2 Å². The van der Waals surface area contributed by atoms with Crippen molar-refractivity contribution in [1.29, 1.82) is 0 Å². The van der Waals surface area contributed by atoms with E-state index in [0.29, 0.717) is 0 Å². The number of ether oxygens (including phenoxy) is 1. The molecule has 0 atom stereocenters. The van der Waals surface area contributed by atoms with Gasteiger partial charge in [0.2, 0.25) is 0 Å². The Morgan fingerprint density at radius 3 is 2.75 bits per heavy atom. The molecule has 1 aromatic heterocycles. The van der Waals surface area contributed by atoms with Gasteiger partial charge in [0.15, 0.2) is 0 Å². The Bertz CT molecular complexity index is 315. The minimum Gasteiger partial charge on any atom is -0.477 e. The van der Waals surface area contributed by atoms with Crippen LogP contribution >= 0.6 is 11.3 Å². The van der Waals surface area contributed by atoms with Gasteiger partial charge in [-0.2, -0.15) is 0 Å². The van der Waals surface area contributed by atoms with Crippen LogP contribution in [0.2, 0.25) is 0 Å². The zero-order chi connectivity index (χ0) is 9.14. The van der Waals surface area contributed by atoms with E-state index in [1.165, 1.54) is 18.6 Å². The normalized spacial score (nSPS) is 9.42. The number of carboxylic acid groups (broad SMARTS) is 1. The molecule has 1 heterocycles. The second-order valence-corrected chi connectivity index (χ2v) is 2.88. The van der Waals surface area contributed by atoms with Gasteiger partial charge >= 0.3 is 11.9 Å². The summed E-state index contributed by atoms with van der Waals surface area (Å²) in [6.07, 6.45) is 0. The zero-order valence-corrected chi connectivity index (χ0v) is 7.05. The number of carbonyl (C=O) groups excluding carboxylic acids is 1. The van der Waals surface area contributed by atoms with Crippen LogP contribution in [-0.2, 0) is 4.74 Å². The number of carboxylic acids is 1. The fourth-order valence-electron chi connectivity index (χ4n) is 0.746. The highest BCUT2D eigenvalue weighted by Gasteiger charge is 2.17. The summed E-state index contributed by atoms with van der Waals surface area (Å²) in [6.45, 7) is 0. The summed E-state index contributed by atoms with van der Waals surface area (Å²) in [6, 6.07) is 1.43. The molecule has 1 aromatic rings.